The molecule has 56 valence electrons. The normalized spacial score (nSPS) is 27.8. The molecule has 1 rings (SSSR count). The Balaban J connectivity index is 2.33. The van der Waals surface area contributed by atoms with Gasteiger partial charge in [-0.05, 0) is 12.8 Å². The fourth-order valence-corrected chi connectivity index (χ4v) is 1.21. The molecule has 0 spiro atoms. The lowest BCUT2D eigenvalue weighted by molar-refractivity contribution is -0.147. The predicted octanol–water partition coefficient (Wildman–Crippen LogP) is 0.783. The van der Waals surface area contributed by atoms with Crippen LogP contribution in [0.2, 0.25) is 0 Å². The Hall–Kier alpha value is -0.590. The summed E-state index contributed by atoms with van der Waals surface area (Å²) < 4.78 is 0. The first kappa shape index (κ1) is 7.52. The molecule has 0 aliphatic carbocycles. The molecule has 1 aliphatic heterocycles. The number of hydrogen-bond acceptors (Lipinski definition) is 3. The summed E-state index contributed by atoms with van der Waals surface area (Å²) in [5.41, 5.74) is 0. The van der Waals surface area contributed by atoms with Gasteiger partial charge in [-0.1, -0.05) is 0 Å². The summed E-state index contributed by atoms with van der Waals surface area (Å²) in [5.74, 6) is 0.175. The van der Waals surface area contributed by atoms with Crippen molar-refractivity contribution in [3.05, 3.63) is 0 Å². The second-order valence-electron chi connectivity index (χ2n) is 2.54. The number of rotatable bonds is 1. The van der Waals surface area contributed by atoms with Gasteiger partial charge in [-0.15, -0.1) is 0 Å². The van der Waals surface area contributed by atoms with Gasteiger partial charge in [0.1, 0.15) is 0 Å². The average Bonchev–Trinajstić information content (AvgIpc) is 2.05. The summed E-state index contributed by atoms with van der Waals surface area (Å²) in [6.45, 7) is 1.74. The summed E-state index contributed by atoms with van der Waals surface area (Å²) in [4.78, 5) is 5.01. The molecular weight excluding hydrogens is 128 g/mol. The largest absolute Gasteiger partial charge is 0.302 e. The maximum absolute atomic E-state index is 8.57. The van der Waals surface area contributed by atoms with Crippen LogP contribution in [0.4, 0.5) is 0 Å². The SMILES string of the molecule is CON1CCCC(C#N)C1. The van der Waals surface area contributed by atoms with Crippen LogP contribution < -0.4 is 0 Å². The maximum atomic E-state index is 8.57. The quantitative estimate of drug-likeness (QED) is 0.540. The van der Waals surface area contributed by atoms with Crippen molar-refractivity contribution in [2.75, 3.05) is 20.2 Å². The van der Waals surface area contributed by atoms with Gasteiger partial charge < -0.3 is 4.84 Å². The summed E-state index contributed by atoms with van der Waals surface area (Å²) >= 11 is 0. The molecule has 0 amide bonds. The first-order valence-electron chi connectivity index (χ1n) is 3.55. The third-order valence-electron chi connectivity index (χ3n) is 1.82. The maximum Gasteiger partial charge on any atom is 0.0670 e. The molecule has 1 heterocycles. The second-order valence-corrected chi connectivity index (χ2v) is 2.54. The molecule has 10 heavy (non-hydrogen) atoms. The minimum atomic E-state index is 0.175. The Labute approximate surface area is 61.1 Å². The molecule has 1 saturated heterocycles. The molecule has 1 atom stereocenters. The van der Waals surface area contributed by atoms with Crippen LogP contribution in [0.1, 0.15) is 12.8 Å². The van der Waals surface area contributed by atoms with Gasteiger partial charge in [0.15, 0.2) is 0 Å². The summed E-state index contributed by atoms with van der Waals surface area (Å²) in [7, 11) is 1.65. The van der Waals surface area contributed by atoms with Crippen molar-refractivity contribution in [2.45, 2.75) is 12.8 Å². The molecule has 0 N–H and O–H groups in total. The molecule has 0 bridgehead atoms. The molecule has 1 fully saturated rings. The van der Waals surface area contributed by atoms with E-state index in [2.05, 4.69) is 6.07 Å². The van der Waals surface area contributed by atoms with E-state index < -0.39 is 0 Å². The van der Waals surface area contributed by atoms with E-state index in [1.54, 1.807) is 7.11 Å². The number of piperidine rings is 1. The van der Waals surface area contributed by atoms with Crippen molar-refractivity contribution < 1.29 is 4.84 Å². The molecular formula is C7H12N2O. The summed E-state index contributed by atoms with van der Waals surface area (Å²) in [6.07, 6.45) is 2.10. The van der Waals surface area contributed by atoms with Gasteiger partial charge in [0.2, 0.25) is 0 Å². The zero-order valence-corrected chi connectivity index (χ0v) is 6.21. The minimum Gasteiger partial charge on any atom is -0.302 e. The monoisotopic (exact) mass is 140 g/mol. The highest BCUT2D eigenvalue weighted by Crippen LogP contribution is 2.14. The number of nitriles is 1. The van der Waals surface area contributed by atoms with Crippen LogP contribution in [0.5, 0.6) is 0 Å². The molecule has 3 nitrogen and oxygen atoms in total. The summed E-state index contributed by atoms with van der Waals surface area (Å²) in [6, 6.07) is 2.25. The van der Waals surface area contributed by atoms with Crippen LogP contribution in [0.25, 0.3) is 0 Å². The van der Waals surface area contributed by atoms with Gasteiger partial charge in [-0.25, -0.2) is 0 Å². The van der Waals surface area contributed by atoms with Crippen molar-refractivity contribution in [1.82, 2.24) is 5.06 Å². The Morgan fingerprint density at radius 1 is 1.70 bits per heavy atom. The zero-order chi connectivity index (χ0) is 7.40. The standard InChI is InChI=1S/C7H12N2O/c1-10-9-4-2-3-7(5-8)6-9/h7H,2-4,6H2,1H3. The lowest BCUT2D eigenvalue weighted by atomic mass is 10.0. The first-order chi connectivity index (χ1) is 4.86. The zero-order valence-electron chi connectivity index (χ0n) is 6.21. The van der Waals surface area contributed by atoms with Gasteiger partial charge in [0, 0.05) is 13.1 Å². The lowest BCUT2D eigenvalue weighted by Gasteiger charge is -2.26. The van der Waals surface area contributed by atoms with Gasteiger partial charge in [-0.2, -0.15) is 10.3 Å². The molecule has 3 heteroatoms. The smallest absolute Gasteiger partial charge is 0.0670 e. The first-order valence-corrected chi connectivity index (χ1v) is 3.55. The Bertz CT molecular complexity index is 141. The highest BCUT2D eigenvalue weighted by Gasteiger charge is 2.18. The van der Waals surface area contributed by atoms with E-state index in [0.717, 1.165) is 25.9 Å². The van der Waals surface area contributed by atoms with Crippen LogP contribution >= 0.6 is 0 Å². The van der Waals surface area contributed by atoms with Crippen molar-refractivity contribution in [2.24, 2.45) is 5.92 Å². The van der Waals surface area contributed by atoms with Crippen LogP contribution in [0, 0.1) is 17.2 Å². The molecule has 0 saturated carbocycles. The van der Waals surface area contributed by atoms with Crippen LogP contribution in [-0.2, 0) is 4.84 Å². The topological polar surface area (TPSA) is 36.3 Å². The molecule has 1 aliphatic rings. The second kappa shape index (κ2) is 3.55. The van der Waals surface area contributed by atoms with E-state index in [4.69, 9.17) is 10.1 Å². The van der Waals surface area contributed by atoms with E-state index in [0.29, 0.717) is 0 Å². The van der Waals surface area contributed by atoms with Crippen LogP contribution in [0.3, 0.4) is 0 Å². The van der Waals surface area contributed by atoms with Crippen molar-refractivity contribution in [3.8, 4) is 6.07 Å². The van der Waals surface area contributed by atoms with Gasteiger partial charge in [-0.3, -0.25) is 0 Å². The van der Waals surface area contributed by atoms with Crippen molar-refractivity contribution in [3.63, 3.8) is 0 Å². The van der Waals surface area contributed by atoms with E-state index in [1.165, 1.54) is 0 Å². The summed E-state index contributed by atoms with van der Waals surface area (Å²) in [5, 5.41) is 10.4. The minimum absolute atomic E-state index is 0.175. The Morgan fingerprint density at radius 3 is 3.10 bits per heavy atom. The molecule has 0 aromatic rings. The van der Waals surface area contributed by atoms with Crippen LogP contribution in [-0.4, -0.2) is 25.3 Å². The van der Waals surface area contributed by atoms with Crippen LogP contribution in [0.15, 0.2) is 0 Å². The lowest BCUT2D eigenvalue weighted by Crippen LogP contribution is -2.33. The Kier molecular flexibility index (Phi) is 2.67. The molecule has 0 radical (unpaired) electrons. The van der Waals surface area contributed by atoms with E-state index in [9.17, 15) is 0 Å². The average molecular weight is 140 g/mol. The number of nitrogens with zero attached hydrogens (tertiary/aromatic N) is 2. The van der Waals surface area contributed by atoms with E-state index in [1.807, 2.05) is 5.06 Å². The Morgan fingerprint density at radius 2 is 2.50 bits per heavy atom. The highest BCUT2D eigenvalue weighted by atomic mass is 16.7. The highest BCUT2D eigenvalue weighted by molar-refractivity contribution is 4.86. The molecule has 1 unspecified atom stereocenters. The predicted molar refractivity (Wildman–Crippen MR) is 36.9 cm³/mol. The fraction of sp³-hybridized carbons (Fsp3) is 0.857. The van der Waals surface area contributed by atoms with Gasteiger partial charge in [0.25, 0.3) is 0 Å². The molecule has 0 aromatic heterocycles. The third kappa shape index (κ3) is 1.69. The van der Waals surface area contributed by atoms with Gasteiger partial charge >= 0.3 is 0 Å². The van der Waals surface area contributed by atoms with E-state index >= 15 is 0 Å². The van der Waals surface area contributed by atoms with Crippen molar-refractivity contribution in [1.29, 1.82) is 5.26 Å². The van der Waals surface area contributed by atoms with Crippen molar-refractivity contribution >= 4 is 0 Å². The van der Waals surface area contributed by atoms with Gasteiger partial charge in [0.05, 0.1) is 19.1 Å². The molecule has 0 aromatic carbocycles. The number of hydrogen-bond donors (Lipinski definition) is 0. The fourth-order valence-electron chi connectivity index (χ4n) is 1.21. The van der Waals surface area contributed by atoms with E-state index in [-0.39, 0.29) is 5.92 Å². The number of hydroxylamine groups is 2. The third-order valence-corrected chi connectivity index (χ3v) is 1.82.